The maximum absolute atomic E-state index is 12.3. The van der Waals surface area contributed by atoms with Crippen LogP contribution in [0.15, 0.2) is 42.5 Å². The van der Waals surface area contributed by atoms with Gasteiger partial charge in [-0.2, -0.15) is 0 Å². The first-order valence-corrected chi connectivity index (χ1v) is 9.50. The summed E-state index contributed by atoms with van der Waals surface area (Å²) in [6.07, 6.45) is 4.95. The van der Waals surface area contributed by atoms with Crippen molar-refractivity contribution in [3.8, 4) is 11.5 Å². The summed E-state index contributed by atoms with van der Waals surface area (Å²) in [5.74, 6) is 2.76. The fourth-order valence-electron chi connectivity index (χ4n) is 3.87. The molecule has 136 valence electrons. The predicted octanol–water partition coefficient (Wildman–Crippen LogP) is 5.37. The van der Waals surface area contributed by atoms with Crippen LogP contribution in [0.4, 0.5) is 5.69 Å². The largest absolute Gasteiger partial charge is 0.454 e. The standard InChI is InChI=1S/C21H22ClNO3/c22-17-6-8-18(9-7-17)23-21(24)11-14-1-3-15(4-2-14)16-5-10-19-20(12-16)26-13-25-19/h5-10,12,14-15H,1-4,11,13H2,(H,23,24)/t14-,15-. The Morgan fingerprint density at radius 1 is 1.00 bits per heavy atom. The normalized spacial score (nSPS) is 21.4. The number of rotatable bonds is 4. The van der Waals surface area contributed by atoms with Crippen molar-refractivity contribution in [1.82, 2.24) is 0 Å². The highest BCUT2D eigenvalue weighted by Gasteiger charge is 2.25. The van der Waals surface area contributed by atoms with Gasteiger partial charge in [0.25, 0.3) is 0 Å². The van der Waals surface area contributed by atoms with Crippen LogP contribution in [-0.4, -0.2) is 12.7 Å². The van der Waals surface area contributed by atoms with Crippen LogP contribution in [0.2, 0.25) is 5.02 Å². The van der Waals surface area contributed by atoms with Gasteiger partial charge in [-0.05, 0) is 79.5 Å². The molecule has 0 radical (unpaired) electrons. The molecule has 4 rings (SSSR count). The number of hydrogen-bond acceptors (Lipinski definition) is 3. The second kappa shape index (κ2) is 7.58. The number of carbonyl (C=O) groups excluding carboxylic acids is 1. The Morgan fingerprint density at radius 3 is 2.50 bits per heavy atom. The molecule has 1 amide bonds. The van der Waals surface area contributed by atoms with Gasteiger partial charge in [0.2, 0.25) is 12.7 Å². The van der Waals surface area contributed by atoms with Crippen LogP contribution < -0.4 is 14.8 Å². The lowest BCUT2D eigenvalue weighted by Gasteiger charge is -2.28. The van der Waals surface area contributed by atoms with Crippen molar-refractivity contribution in [2.45, 2.75) is 38.0 Å². The number of benzene rings is 2. The van der Waals surface area contributed by atoms with Gasteiger partial charge in [-0.3, -0.25) is 4.79 Å². The zero-order chi connectivity index (χ0) is 17.9. The number of halogens is 1. The van der Waals surface area contributed by atoms with E-state index >= 15 is 0 Å². The fraction of sp³-hybridized carbons (Fsp3) is 0.381. The van der Waals surface area contributed by atoms with E-state index in [1.165, 1.54) is 5.56 Å². The summed E-state index contributed by atoms with van der Waals surface area (Å²) >= 11 is 5.87. The van der Waals surface area contributed by atoms with Crippen molar-refractivity contribution in [3.63, 3.8) is 0 Å². The minimum absolute atomic E-state index is 0.0823. The molecule has 1 aliphatic carbocycles. The molecule has 2 aromatic carbocycles. The van der Waals surface area contributed by atoms with E-state index in [1.54, 1.807) is 12.1 Å². The van der Waals surface area contributed by atoms with Crippen molar-refractivity contribution in [2.75, 3.05) is 12.1 Å². The number of carbonyl (C=O) groups is 1. The Hall–Kier alpha value is -2.20. The molecule has 26 heavy (non-hydrogen) atoms. The molecule has 1 saturated carbocycles. The van der Waals surface area contributed by atoms with Gasteiger partial charge in [0.1, 0.15) is 0 Å². The zero-order valence-corrected chi connectivity index (χ0v) is 15.3. The molecule has 2 aromatic rings. The summed E-state index contributed by atoms with van der Waals surface area (Å²) in [7, 11) is 0. The highest BCUT2D eigenvalue weighted by Crippen LogP contribution is 2.41. The molecule has 0 atom stereocenters. The smallest absolute Gasteiger partial charge is 0.231 e. The van der Waals surface area contributed by atoms with Crippen molar-refractivity contribution in [2.24, 2.45) is 5.92 Å². The van der Waals surface area contributed by atoms with Crippen LogP contribution in [-0.2, 0) is 4.79 Å². The number of hydrogen-bond donors (Lipinski definition) is 1. The Bertz CT molecular complexity index is 782. The van der Waals surface area contributed by atoms with Gasteiger partial charge in [0.05, 0.1) is 0 Å². The molecule has 1 N–H and O–H groups in total. The van der Waals surface area contributed by atoms with E-state index in [4.69, 9.17) is 21.1 Å². The third-order valence-electron chi connectivity index (χ3n) is 5.32. The maximum atomic E-state index is 12.3. The fourth-order valence-corrected chi connectivity index (χ4v) is 4.00. The van der Waals surface area contributed by atoms with Crippen LogP contribution in [0.25, 0.3) is 0 Å². The van der Waals surface area contributed by atoms with Crippen LogP contribution >= 0.6 is 11.6 Å². The summed E-state index contributed by atoms with van der Waals surface area (Å²) in [4.78, 5) is 12.3. The van der Waals surface area contributed by atoms with Gasteiger partial charge in [-0.15, -0.1) is 0 Å². The number of amides is 1. The van der Waals surface area contributed by atoms with E-state index < -0.39 is 0 Å². The molecule has 0 aromatic heterocycles. The molecule has 1 heterocycles. The summed E-state index contributed by atoms with van der Waals surface area (Å²) in [5, 5.41) is 3.63. The Morgan fingerprint density at radius 2 is 1.73 bits per heavy atom. The molecule has 4 nitrogen and oxygen atoms in total. The molecule has 0 unspecified atom stereocenters. The lowest BCUT2D eigenvalue weighted by Crippen LogP contribution is -2.20. The predicted molar refractivity (Wildman–Crippen MR) is 102 cm³/mol. The summed E-state index contributed by atoms with van der Waals surface area (Å²) < 4.78 is 10.9. The molecule has 2 aliphatic rings. The topological polar surface area (TPSA) is 47.6 Å². The Kier molecular flexibility index (Phi) is 5.02. The van der Waals surface area contributed by atoms with E-state index in [0.717, 1.165) is 42.9 Å². The minimum Gasteiger partial charge on any atom is -0.454 e. The summed E-state index contributed by atoms with van der Waals surface area (Å²) in [6, 6.07) is 13.5. The summed E-state index contributed by atoms with van der Waals surface area (Å²) in [6.45, 7) is 0.314. The molecule has 1 aliphatic heterocycles. The van der Waals surface area contributed by atoms with E-state index in [-0.39, 0.29) is 5.91 Å². The number of fused-ring (bicyclic) bond motifs is 1. The Labute approximate surface area is 158 Å². The molecular formula is C21H22ClNO3. The average molecular weight is 372 g/mol. The second-order valence-electron chi connectivity index (χ2n) is 7.09. The van der Waals surface area contributed by atoms with Crippen LogP contribution in [0.1, 0.15) is 43.6 Å². The van der Waals surface area contributed by atoms with E-state index in [0.29, 0.717) is 30.1 Å². The average Bonchev–Trinajstić information content (AvgIpc) is 3.12. The van der Waals surface area contributed by atoms with E-state index in [1.807, 2.05) is 18.2 Å². The van der Waals surface area contributed by atoms with Gasteiger partial charge in [0.15, 0.2) is 11.5 Å². The van der Waals surface area contributed by atoms with Crippen LogP contribution in [0, 0.1) is 5.92 Å². The minimum atomic E-state index is 0.0823. The highest BCUT2D eigenvalue weighted by molar-refractivity contribution is 6.30. The van der Waals surface area contributed by atoms with Crippen molar-refractivity contribution in [1.29, 1.82) is 0 Å². The summed E-state index contributed by atoms with van der Waals surface area (Å²) in [5.41, 5.74) is 2.12. The third-order valence-corrected chi connectivity index (χ3v) is 5.57. The van der Waals surface area contributed by atoms with E-state index in [2.05, 4.69) is 17.4 Å². The van der Waals surface area contributed by atoms with E-state index in [9.17, 15) is 4.79 Å². The van der Waals surface area contributed by atoms with Crippen LogP contribution in [0.5, 0.6) is 11.5 Å². The first-order valence-electron chi connectivity index (χ1n) is 9.12. The highest BCUT2D eigenvalue weighted by atomic mass is 35.5. The maximum Gasteiger partial charge on any atom is 0.231 e. The molecule has 5 heteroatoms. The first-order chi connectivity index (χ1) is 12.7. The molecule has 0 bridgehead atoms. The molecule has 1 fully saturated rings. The number of nitrogens with one attached hydrogen (secondary N) is 1. The quantitative estimate of drug-likeness (QED) is 0.785. The third kappa shape index (κ3) is 3.96. The monoisotopic (exact) mass is 371 g/mol. The zero-order valence-electron chi connectivity index (χ0n) is 14.5. The first kappa shape index (κ1) is 17.2. The van der Waals surface area contributed by atoms with Crippen LogP contribution in [0.3, 0.4) is 0 Å². The van der Waals surface area contributed by atoms with Crippen molar-refractivity contribution < 1.29 is 14.3 Å². The Balaban J connectivity index is 1.28. The lowest BCUT2D eigenvalue weighted by atomic mass is 9.77. The number of anilines is 1. The molecule has 0 saturated heterocycles. The number of ether oxygens (including phenoxy) is 2. The molecular weight excluding hydrogens is 350 g/mol. The van der Waals surface area contributed by atoms with Crippen molar-refractivity contribution >= 4 is 23.2 Å². The van der Waals surface area contributed by atoms with Gasteiger partial charge >= 0.3 is 0 Å². The van der Waals surface area contributed by atoms with Gasteiger partial charge in [-0.1, -0.05) is 17.7 Å². The van der Waals surface area contributed by atoms with Gasteiger partial charge in [-0.25, -0.2) is 0 Å². The van der Waals surface area contributed by atoms with Crippen molar-refractivity contribution in [3.05, 3.63) is 53.1 Å². The molecule has 0 spiro atoms. The van der Waals surface area contributed by atoms with Gasteiger partial charge < -0.3 is 14.8 Å². The lowest BCUT2D eigenvalue weighted by molar-refractivity contribution is -0.117. The van der Waals surface area contributed by atoms with Gasteiger partial charge in [0, 0.05) is 17.1 Å². The SMILES string of the molecule is O=C(C[C@H]1CC[C@H](c2ccc3c(c2)OCO3)CC1)Nc1ccc(Cl)cc1. The second-order valence-corrected chi connectivity index (χ2v) is 7.53.